The predicted molar refractivity (Wildman–Crippen MR) is 62.1 cm³/mol. The lowest BCUT2D eigenvalue weighted by Gasteiger charge is -2.20. The molecule has 0 bridgehead atoms. The Morgan fingerprint density at radius 3 is 2.79 bits per heavy atom. The lowest BCUT2D eigenvalue weighted by atomic mass is 9.97. The van der Waals surface area contributed by atoms with E-state index in [0.717, 1.165) is 10.9 Å². The quantitative estimate of drug-likeness (QED) is 0.868. The molecule has 0 aliphatic carbocycles. The van der Waals surface area contributed by atoms with Gasteiger partial charge < -0.3 is 10.8 Å². The van der Waals surface area contributed by atoms with Crippen molar-refractivity contribution < 1.29 is 5.11 Å². The smallest absolute Gasteiger partial charge is 0.0744 e. The fourth-order valence-electron chi connectivity index (χ4n) is 1.21. The maximum absolute atomic E-state index is 9.72. The Bertz CT molecular complexity index is 299. The van der Waals surface area contributed by atoms with E-state index < -0.39 is 5.60 Å². The van der Waals surface area contributed by atoms with E-state index in [-0.39, 0.29) is 0 Å². The van der Waals surface area contributed by atoms with Crippen LogP contribution in [0.25, 0.3) is 0 Å². The summed E-state index contributed by atoms with van der Waals surface area (Å²) < 4.78 is 1.07. The van der Waals surface area contributed by atoms with Gasteiger partial charge in [-0.05, 0) is 37.5 Å². The molecular formula is C11H16BrNO. The minimum atomic E-state index is -0.748. The Kier molecular flexibility index (Phi) is 4.11. The van der Waals surface area contributed by atoms with Crippen LogP contribution in [0.5, 0.6) is 0 Å². The standard InChI is InChI=1S/C11H16BrNO/c1-11(14,8-13)6-5-9-3-2-4-10(12)7-9/h2-4,7,14H,5-6,8,13H2,1H3. The van der Waals surface area contributed by atoms with Crippen molar-refractivity contribution in [3.05, 3.63) is 34.3 Å². The van der Waals surface area contributed by atoms with Gasteiger partial charge >= 0.3 is 0 Å². The van der Waals surface area contributed by atoms with Gasteiger partial charge in [-0.2, -0.15) is 0 Å². The van der Waals surface area contributed by atoms with Crippen molar-refractivity contribution in [2.75, 3.05) is 6.54 Å². The highest BCUT2D eigenvalue weighted by Gasteiger charge is 2.17. The summed E-state index contributed by atoms with van der Waals surface area (Å²) in [7, 11) is 0. The number of hydrogen-bond donors (Lipinski definition) is 2. The largest absolute Gasteiger partial charge is 0.389 e. The molecule has 1 aromatic carbocycles. The van der Waals surface area contributed by atoms with Gasteiger partial charge in [0.15, 0.2) is 0 Å². The first-order valence-corrected chi connectivity index (χ1v) is 5.50. The Morgan fingerprint density at radius 2 is 2.21 bits per heavy atom. The molecule has 1 rings (SSSR count). The maximum atomic E-state index is 9.72. The molecule has 0 amide bonds. The van der Waals surface area contributed by atoms with E-state index in [1.54, 1.807) is 6.92 Å². The van der Waals surface area contributed by atoms with E-state index in [1.165, 1.54) is 5.56 Å². The van der Waals surface area contributed by atoms with Crippen LogP contribution in [0.3, 0.4) is 0 Å². The SMILES string of the molecule is CC(O)(CN)CCc1cccc(Br)c1. The molecule has 1 atom stereocenters. The summed E-state index contributed by atoms with van der Waals surface area (Å²) in [6.45, 7) is 2.08. The molecule has 1 unspecified atom stereocenters. The summed E-state index contributed by atoms with van der Waals surface area (Å²) in [6.07, 6.45) is 1.55. The zero-order valence-corrected chi connectivity index (χ0v) is 9.92. The lowest BCUT2D eigenvalue weighted by Crippen LogP contribution is -2.34. The molecule has 78 valence electrons. The van der Waals surface area contributed by atoms with Gasteiger partial charge in [-0.25, -0.2) is 0 Å². The highest BCUT2D eigenvalue weighted by atomic mass is 79.9. The van der Waals surface area contributed by atoms with Crippen molar-refractivity contribution in [1.29, 1.82) is 0 Å². The molecule has 0 aromatic heterocycles. The summed E-state index contributed by atoms with van der Waals surface area (Å²) in [4.78, 5) is 0. The first-order chi connectivity index (χ1) is 6.53. The summed E-state index contributed by atoms with van der Waals surface area (Å²) in [5, 5.41) is 9.72. The van der Waals surface area contributed by atoms with Crippen molar-refractivity contribution in [1.82, 2.24) is 0 Å². The topological polar surface area (TPSA) is 46.2 Å². The number of hydrogen-bond acceptors (Lipinski definition) is 2. The Hall–Kier alpha value is -0.380. The first kappa shape index (κ1) is 11.7. The van der Waals surface area contributed by atoms with Gasteiger partial charge in [0.2, 0.25) is 0 Å². The number of nitrogens with two attached hydrogens (primary N) is 1. The van der Waals surface area contributed by atoms with Crippen LogP contribution in [-0.2, 0) is 6.42 Å². The third-order valence-corrected chi connectivity index (χ3v) is 2.77. The second kappa shape index (κ2) is 4.91. The number of aryl methyl sites for hydroxylation is 1. The van der Waals surface area contributed by atoms with Crippen LogP contribution in [-0.4, -0.2) is 17.3 Å². The van der Waals surface area contributed by atoms with Gasteiger partial charge in [0.05, 0.1) is 5.60 Å². The summed E-state index contributed by atoms with van der Waals surface area (Å²) in [5.74, 6) is 0. The third kappa shape index (κ3) is 3.78. The van der Waals surface area contributed by atoms with E-state index in [9.17, 15) is 5.11 Å². The number of benzene rings is 1. The number of halogens is 1. The number of rotatable bonds is 4. The van der Waals surface area contributed by atoms with E-state index in [4.69, 9.17) is 5.73 Å². The summed E-state index contributed by atoms with van der Waals surface area (Å²) in [5.41, 5.74) is 5.91. The van der Waals surface area contributed by atoms with Crippen LogP contribution >= 0.6 is 15.9 Å². The minimum absolute atomic E-state index is 0.307. The molecule has 0 aliphatic heterocycles. The van der Waals surface area contributed by atoms with Gasteiger partial charge in [0.1, 0.15) is 0 Å². The Morgan fingerprint density at radius 1 is 1.50 bits per heavy atom. The number of aliphatic hydroxyl groups is 1. The van der Waals surface area contributed by atoms with Gasteiger partial charge in [0.25, 0.3) is 0 Å². The minimum Gasteiger partial charge on any atom is -0.389 e. The third-order valence-electron chi connectivity index (χ3n) is 2.28. The zero-order chi connectivity index (χ0) is 10.6. The average molecular weight is 258 g/mol. The van der Waals surface area contributed by atoms with Crippen molar-refractivity contribution in [2.45, 2.75) is 25.4 Å². The molecule has 14 heavy (non-hydrogen) atoms. The highest BCUT2D eigenvalue weighted by molar-refractivity contribution is 9.10. The summed E-state index contributed by atoms with van der Waals surface area (Å²) in [6, 6.07) is 8.10. The van der Waals surface area contributed by atoms with Gasteiger partial charge in [-0.1, -0.05) is 28.1 Å². The van der Waals surface area contributed by atoms with E-state index in [2.05, 4.69) is 28.1 Å². The molecule has 0 saturated carbocycles. The molecule has 3 heteroatoms. The van der Waals surface area contributed by atoms with Crippen LogP contribution < -0.4 is 5.73 Å². The first-order valence-electron chi connectivity index (χ1n) is 4.70. The molecule has 0 heterocycles. The molecule has 0 spiro atoms. The Labute approximate surface area is 93.3 Å². The molecule has 0 radical (unpaired) electrons. The van der Waals surface area contributed by atoms with Crippen molar-refractivity contribution >= 4 is 15.9 Å². The van der Waals surface area contributed by atoms with Crippen LogP contribution in [0.1, 0.15) is 18.9 Å². The van der Waals surface area contributed by atoms with Gasteiger partial charge in [-0.15, -0.1) is 0 Å². The molecule has 0 fully saturated rings. The van der Waals surface area contributed by atoms with Crippen molar-refractivity contribution in [3.63, 3.8) is 0 Å². The fraction of sp³-hybridized carbons (Fsp3) is 0.455. The van der Waals surface area contributed by atoms with E-state index >= 15 is 0 Å². The lowest BCUT2D eigenvalue weighted by molar-refractivity contribution is 0.0603. The average Bonchev–Trinajstić information content (AvgIpc) is 2.15. The predicted octanol–water partition coefficient (Wildman–Crippen LogP) is 2.09. The molecular weight excluding hydrogens is 242 g/mol. The van der Waals surface area contributed by atoms with Crippen LogP contribution in [0.4, 0.5) is 0 Å². The highest BCUT2D eigenvalue weighted by Crippen LogP contribution is 2.16. The summed E-state index contributed by atoms with van der Waals surface area (Å²) >= 11 is 3.41. The van der Waals surface area contributed by atoms with Gasteiger partial charge in [-0.3, -0.25) is 0 Å². The van der Waals surface area contributed by atoms with Crippen LogP contribution in [0.2, 0.25) is 0 Å². The second-order valence-electron chi connectivity index (χ2n) is 3.83. The van der Waals surface area contributed by atoms with Gasteiger partial charge in [0, 0.05) is 11.0 Å². The van der Waals surface area contributed by atoms with E-state index in [1.807, 2.05) is 12.1 Å². The fourth-order valence-corrected chi connectivity index (χ4v) is 1.65. The molecule has 2 nitrogen and oxygen atoms in total. The molecule has 0 saturated heterocycles. The normalized spacial score (nSPS) is 15.1. The van der Waals surface area contributed by atoms with Crippen LogP contribution in [0.15, 0.2) is 28.7 Å². The van der Waals surface area contributed by atoms with E-state index in [0.29, 0.717) is 13.0 Å². The molecule has 1 aromatic rings. The molecule has 3 N–H and O–H groups in total. The zero-order valence-electron chi connectivity index (χ0n) is 8.33. The second-order valence-corrected chi connectivity index (χ2v) is 4.75. The van der Waals surface area contributed by atoms with Crippen LogP contribution in [0, 0.1) is 0 Å². The molecule has 0 aliphatic rings. The van der Waals surface area contributed by atoms with Crippen molar-refractivity contribution in [2.24, 2.45) is 5.73 Å². The van der Waals surface area contributed by atoms with Crippen molar-refractivity contribution in [3.8, 4) is 0 Å². The Balaban J connectivity index is 2.54. The monoisotopic (exact) mass is 257 g/mol. The maximum Gasteiger partial charge on any atom is 0.0744 e.